The summed E-state index contributed by atoms with van der Waals surface area (Å²) in [7, 11) is 1.88. The summed E-state index contributed by atoms with van der Waals surface area (Å²) in [5.41, 5.74) is 0.937. The van der Waals surface area contributed by atoms with Gasteiger partial charge in [0.2, 0.25) is 0 Å². The van der Waals surface area contributed by atoms with Gasteiger partial charge in [0.25, 0.3) is 5.91 Å². The number of aromatic nitrogens is 2. The van der Waals surface area contributed by atoms with Crippen LogP contribution in [0.4, 0.5) is 0 Å². The minimum Gasteiger partial charge on any atom is -0.393 e. The third-order valence-corrected chi connectivity index (χ3v) is 3.97. The van der Waals surface area contributed by atoms with Gasteiger partial charge < -0.3 is 10.4 Å². The largest absolute Gasteiger partial charge is 0.393 e. The number of nitrogens with one attached hydrogen (secondary N) is 1. The second-order valence-electron chi connectivity index (χ2n) is 4.43. The van der Waals surface area contributed by atoms with E-state index >= 15 is 0 Å². The summed E-state index contributed by atoms with van der Waals surface area (Å²) in [6.07, 6.45) is 0.177. The van der Waals surface area contributed by atoms with Crippen LogP contribution in [-0.4, -0.2) is 33.4 Å². The van der Waals surface area contributed by atoms with Crippen molar-refractivity contribution in [2.45, 2.75) is 26.4 Å². The van der Waals surface area contributed by atoms with E-state index in [0.717, 1.165) is 15.9 Å². The summed E-state index contributed by atoms with van der Waals surface area (Å²) in [4.78, 5) is 13.6. The van der Waals surface area contributed by atoms with Crippen molar-refractivity contribution in [1.82, 2.24) is 15.1 Å². The van der Waals surface area contributed by atoms with Gasteiger partial charge in [0.1, 0.15) is 4.83 Å². The first-order valence-electron chi connectivity index (χ1n) is 5.88. The van der Waals surface area contributed by atoms with Gasteiger partial charge in [-0.1, -0.05) is 0 Å². The Kier molecular flexibility index (Phi) is 3.68. The minimum atomic E-state index is -0.390. The predicted molar refractivity (Wildman–Crippen MR) is 72.0 cm³/mol. The normalized spacial score (nSPS) is 12.9. The van der Waals surface area contributed by atoms with Gasteiger partial charge >= 0.3 is 0 Å². The second-order valence-corrected chi connectivity index (χ2v) is 5.46. The molecule has 0 fully saturated rings. The van der Waals surface area contributed by atoms with Gasteiger partial charge in [0.05, 0.1) is 16.7 Å². The van der Waals surface area contributed by atoms with E-state index in [2.05, 4.69) is 10.4 Å². The molecule has 98 valence electrons. The van der Waals surface area contributed by atoms with Crippen molar-refractivity contribution in [1.29, 1.82) is 0 Å². The Bertz CT molecular complexity index is 537. The van der Waals surface area contributed by atoms with Crippen LogP contribution in [0, 0.1) is 6.92 Å². The average Bonchev–Trinajstić information content (AvgIpc) is 2.81. The summed E-state index contributed by atoms with van der Waals surface area (Å²) in [5.74, 6) is -0.0868. The van der Waals surface area contributed by atoms with Crippen LogP contribution in [0.1, 0.15) is 28.7 Å². The van der Waals surface area contributed by atoms with Crippen molar-refractivity contribution in [3.8, 4) is 0 Å². The number of rotatable bonds is 4. The highest BCUT2D eigenvalue weighted by Crippen LogP contribution is 2.27. The number of aryl methyl sites for hydroxylation is 2. The standard InChI is InChI=1S/C12H17N3O2S/c1-7(16)4-5-13-11(17)10-6-9-8(2)14-15(3)12(9)18-10/h6-7,16H,4-5H2,1-3H3,(H,13,17). The van der Waals surface area contributed by atoms with Crippen LogP contribution in [0.2, 0.25) is 0 Å². The fraction of sp³-hybridized carbons (Fsp3) is 0.500. The third kappa shape index (κ3) is 2.54. The summed E-state index contributed by atoms with van der Waals surface area (Å²) in [6, 6.07) is 1.88. The molecule has 0 bridgehead atoms. The molecule has 2 rings (SSSR count). The maximum atomic E-state index is 11.9. The molecule has 18 heavy (non-hydrogen) atoms. The van der Waals surface area contributed by atoms with E-state index in [1.54, 1.807) is 11.6 Å². The molecule has 6 heteroatoms. The molecule has 0 radical (unpaired) electrons. The Morgan fingerprint density at radius 2 is 2.39 bits per heavy atom. The lowest BCUT2D eigenvalue weighted by Gasteiger charge is -2.05. The van der Waals surface area contributed by atoms with Crippen molar-refractivity contribution >= 4 is 27.5 Å². The number of thiophene rings is 1. The molecule has 0 aliphatic carbocycles. The third-order valence-electron chi connectivity index (χ3n) is 2.77. The molecular weight excluding hydrogens is 250 g/mol. The molecule has 0 saturated carbocycles. The Hall–Kier alpha value is -1.40. The van der Waals surface area contributed by atoms with Crippen molar-refractivity contribution in [2.75, 3.05) is 6.54 Å². The molecule has 2 N–H and O–H groups in total. The quantitative estimate of drug-likeness (QED) is 0.881. The number of fused-ring (bicyclic) bond motifs is 1. The lowest BCUT2D eigenvalue weighted by atomic mass is 10.3. The molecule has 0 spiro atoms. The summed E-state index contributed by atoms with van der Waals surface area (Å²) in [5, 5.41) is 17.3. The first-order valence-corrected chi connectivity index (χ1v) is 6.70. The summed E-state index contributed by atoms with van der Waals surface area (Å²) >= 11 is 1.44. The zero-order chi connectivity index (χ0) is 13.3. The molecule has 0 aliphatic rings. The van der Waals surface area contributed by atoms with Crippen LogP contribution in [0.3, 0.4) is 0 Å². The Morgan fingerprint density at radius 1 is 1.67 bits per heavy atom. The van der Waals surface area contributed by atoms with E-state index in [-0.39, 0.29) is 12.0 Å². The number of amides is 1. The molecule has 1 amide bonds. The smallest absolute Gasteiger partial charge is 0.261 e. The van der Waals surface area contributed by atoms with E-state index in [0.29, 0.717) is 17.8 Å². The number of hydrogen-bond acceptors (Lipinski definition) is 4. The minimum absolute atomic E-state index is 0.0868. The van der Waals surface area contributed by atoms with E-state index in [1.807, 2.05) is 20.0 Å². The van der Waals surface area contributed by atoms with Gasteiger partial charge in [-0.3, -0.25) is 9.48 Å². The zero-order valence-electron chi connectivity index (χ0n) is 10.7. The highest BCUT2D eigenvalue weighted by molar-refractivity contribution is 7.20. The molecule has 2 aromatic heterocycles. The van der Waals surface area contributed by atoms with Crippen LogP contribution in [0.5, 0.6) is 0 Å². The second kappa shape index (κ2) is 5.07. The van der Waals surface area contributed by atoms with Gasteiger partial charge in [-0.2, -0.15) is 5.10 Å². The lowest BCUT2D eigenvalue weighted by Crippen LogP contribution is -2.25. The van der Waals surface area contributed by atoms with Gasteiger partial charge in [0, 0.05) is 19.0 Å². The molecule has 0 aromatic carbocycles. The SMILES string of the molecule is Cc1nn(C)c2sc(C(=O)NCCC(C)O)cc12. The van der Waals surface area contributed by atoms with E-state index in [9.17, 15) is 4.79 Å². The molecule has 1 unspecified atom stereocenters. The Labute approximate surface area is 109 Å². The maximum Gasteiger partial charge on any atom is 0.261 e. The molecule has 5 nitrogen and oxygen atoms in total. The molecule has 2 aromatic rings. The number of nitrogens with zero attached hydrogens (tertiary/aromatic N) is 2. The van der Waals surface area contributed by atoms with E-state index in [4.69, 9.17) is 5.11 Å². The van der Waals surface area contributed by atoms with Crippen LogP contribution in [0.15, 0.2) is 6.07 Å². The van der Waals surface area contributed by atoms with Crippen molar-refractivity contribution in [3.63, 3.8) is 0 Å². The first-order chi connectivity index (χ1) is 8.49. The lowest BCUT2D eigenvalue weighted by molar-refractivity contribution is 0.0949. The van der Waals surface area contributed by atoms with E-state index in [1.165, 1.54) is 11.3 Å². The van der Waals surface area contributed by atoms with Crippen molar-refractivity contribution < 1.29 is 9.90 Å². The fourth-order valence-electron chi connectivity index (χ4n) is 1.80. The first kappa shape index (κ1) is 13.0. The van der Waals surface area contributed by atoms with E-state index < -0.39 is 0 Å². The fourth-order valence-corrected chi connectivity index (χ4v) is 2.84. The molecule has 0 saturated heterocycles. The molecular formula is C12H17N3O2S. The monoisotopic (exact) mass is 267 g/mol. The van der Waals surface area contributed by atoms with Crippen molar-refractivity contribution in [2.24, 2.45) is 7.05 Å². The van der Waals surface area contributed by atoms with Gasteiger partial charge in [-0.05, 0) is 26.3 Å². The van der Waals surface area contributed by atoms with Crippen LogP contribution in [-0.2, 0) is 7.05 Å². The molecule has 2 heterocycles. The number of carbonyl (C=O) groups is 1. The number of carbonyl (C=O) groups excluding carboxylic acids is 1. The molecule has 1 atom stereocenters. The topological polar surface area (TPSA) is 67.2 Å². The van der Waals surface area contributed by atoms with Gasteiger partial charge in [-0.15, -0.1) is 11.3 Å². The average molecular weight is 267 g/mol. The number of hydrogen-bond donors (Lipinski definition) is 2. The summed E-state index contributed by atoms with van der Waals surface area (Å²) in [6.45, 7) is 4.13. The highest BCUT2D eigenvalue weighted by Gasteiger charge is 2.14. The maximum absolute atomic E-state index is 11.9. The Balaban J connectivity index is 2.11. The highest BCUT2D eigenvalue weighted by atomic mass is 32.1. The van der Waals surface area contributed by atoms with Crippen LogP contribution in [0.25, 0.3) is 10.2 Å². The number of aliphatic hydroxyl groups excluding tert-OH is 1. The number of aliphatic hydroxyl groups is 1. The van der Waals surface area contributed by atoms with Gasteiger partial charge in [-0.25, -0.2) is 0 Å². The zero-order valence-corrected chi connectivity index (χ0v) is 11.5. The van der Waals surface area contributed by atoms with Crippen LogP contribution < -0.4 is 5.32 Å². The predicted octanol–water partition coefficient (Wildman–Crippen LogP) is 1.44. The van der Waals surface area contributed by atoms with Gasteiger partial charge in [0.15, 0.2) is 0 Å². The van der Waals surface area contributed by atoms with Crippen molar-refractivity contribution in [3.05, 3.63) is 16.6 Å². The van der Waals surface area contributed by atoms with Crippen LogP contribution >= 0.6 is 11.3 Å². The molecule has 0 aliphatic heterocycles. The summed E-state index contributed by atoms with van der Waals surface area (Å²) < 4.78 is 1.79. The Morgan fingerprint density at radius 3 is 3.00 bits per heavy atom.